The van der Waals surface area contributed by atoms with Crippen molar-refractivity contribution >= 4 is 0 Å². The van der Waals surface area contributed by atoms with E-state index in [0.29, 0.717) is 6.07 Å². The zero-order chi connectivity index (χ0) is 11.6. The van der Waals surface area contributed by atoms with Crippen molar-refractivity contribution in [2.45, 2.75) is 12.2 Å². The Morgan fingerprint density at radius 3 is 2.33 bits per heavy atom. The van der Waals surface area contributed by atoms with Gasteiger partial charge < -0.3 is 5.73 Å². The van der Waals surface area contributed by atoms with Crippen LogP contribution in [0.5, 0.6) is 0 Å². The fourth-order valence-electron chi connectivity index (χ4n) is 1.10. The lowest BCUT2D eigenvalue weighted by Crippen LogP contribution is -2.11. The minimum atomic E-state index is -4.68. The molecule has 0 spiro atoms. The molecule has 0 aromatic heterocycles. The van der Waals surface area contributed by atoms with Crippen LogP contribution < -0.4 is 5.73 Å². The Bertz CT molecular complexity index is 370. The molecular formula is C10H9F4N. The molecule has 5 heteroatoms. The van der Waals surface area contributed by atoms with E-state index >= 15 is 0 Å². The van der Waals surface area contributed by atoms with Gasteiger partial charge in [-0.1, -0.05) is 12.1 Å². The maximum Gasteiger partial charge on any atom is 0.419 e. The van der Waals surface area contributed by atoms with Gasteiger partial charge in [0.2, 0.25) is 0 Å². The molecule has 82 valence electrons. The van der Waals surface area contributed by atoms with Gasteiger partial charge in [-0.2, -0.15) is 13.2 Å². The highest BCUT2D eigenvalue weighted by atomic mass is 19.4. The van der Waals surface area contributed by atoms with Gasteiger partial charge in [-0.15, -0.1) is 6.58 Å². The van der Waals surface area contributed by atoms with Gasteiger partial charge in [0.15, 0.2) is 0 Å². The van der Waals surface area contributed by atoms with Crippen molar-refractivity contribution in [1.82, 2.24) is 0 Å². The van der Waals surface area contributed by atoms with E-state index in [1.54, 1.807) is 0 Å². The normalized spacial score (nSPS) is 13.7. The SMILES string of the molecule is C=CC(N)c1ccc(C(F)(F)F)c(F)c1. The fourth-order valence-corrected chi connectivity index (χ4v) is 1.10. The highest BCUT2D eigenvalue weighted by Gasteiger charge is 2.33. The van der Waals surface area contributed by atoms with E-state index in [9.17, 15) is 17.6 Å². The van der Waals surface area contributed by atoms with E-state index in [-0.39, 0.29) is 5.56 Å². The van der Waals surface area contributed by atoms with Gasteiger partial charge in [0, 0.05) is 6.04 Å². The first-order valence-corrected chi connectivity index (χ1v) is 4.11. The van der Waals surface area contributed by atoms with Crippen LogP contribution in [0.2, 0.25) is 0 Å². The molecule has 15 heavy (non-hydrogen) atoms. The Balaban J connectivity index is 3.14. The molecule has 0 aliphatic heterocycles. The maximum absolute atomic E-state index is 13.0. The van der Waals surface area contributed by atoms with Gasteiger partial charge in [0.1, 0.15) is 5.82 Å². The van der Waals surface area contributed by atoms with E-state index in [2.05, 4.69) is 6.58 Å². The summed E-state index contributed by atoms with van der Waals surface area (Å²) in [4.78, 5) is 0. The summed E-state index contributed by atoms with van der Waals surface area (Å²) in [5.41, 5.74) is 4.43. The van der Waals surface area contributed by atoms with Crippen molar-refractivity contribution in [3.8, 4) is 0 Å². The summed E-state index contributed by atoms with van der Waals surface area (Å²) in [5.74, 6) is -1.32. The first-order valence-electron chi connectivity index (χ1n) is 4.11. The number of alkyl halides is 3. The molecule has 1 unspecified atom stereocenters. The van der Waals surface area contributed by atoms with Crippen LogP contribution in [0.25, 0.3) is 0 Å². The topological polar surface area (TPSA) is 26.0 Å². The van der Waals surface area contributed by atoms with E-state index in [0.717, 1.165) is 12.1 Å². The molecule has 0 aliphatic carbocycles. The third-order valence-electron chi connectivity index (χ3n) is 1.94. The molecule has 1 atom stereocenters. The Labute approximate surface area is 84.2 Å². The average Bonchev–Trinajstić information content (AvgIpc) is 2.14. The molecule has 1 aromatic carbocycles. The monoisotopic (exact) mass is 219 g/mol. The smallest absolute Gasteiger partial charge is 0.321 e. The largest absolute Gasteiger partial charge is 0.419 e. The van der Waals surface area contributed by atoms with Gasteiger partial charge in [-0.3, -0.25) is 0 Å². The Morgan fingerprint density at radius 1 is 1.33 bits per heavy atom. The lowest BCUT2D eigenvalue weighted by atomic mass is 10.0. The quantitative estimate of drug-likeness (QED) is 0.600. The summed E-state index contributed by atoms with van der Waals surface area (Å²) >= 11 is 0. The molecular weight excluding hydrogens is 210 g/mol. The number of rotatable bonds is 2. The molecule has 1 rings (SSSR count). The zero-order valence-corrected chi connectivity index (χ0v) is 7.68. The maximum atomic E-state index is 13.0. The summed E-state index contributed by atoms with van der Waals surface area (Å²) in [6, 6.07) is 1.92. The van der Waals surface area contributed by atoms with Crippen LogP contribution in [0.1, 0.15) is 17.2 Å². The van der Waals surface area contributed by atoms with E-state index in [4.69, 9.17) is 5.73 Å². The van der Waals surface area contributed by atoms with Crippen molar-refractivity contribution in [2.75, 3.05) is 0 Å². The summed E-state index contributed by atoms with van der Waals surface area (Å²) in [6.45, 7) is 3.37. The van der Waals surface area contributed by atoms with Crippen LogP contribution in [0.4, 0.5) is 17.6 Å². The standard InChI is InChI=1S/C10H9F4N/c1-2-9(15)6-3-4-7(8(11)5-6)10(12,13)14/h2-5,9H,1,15H2. The third kappa shape index (κ3) is 2.56. The highest BCUT2D eigenvalue weighted by molar-refractivity contribution is 5.29. The minimum Gasteiger partial charge on any atom is -0.321 e. The number of nitrogens with two attached hydrogens (primary N) is 1. The summed E-state index contributed by atoms with van der Waals surface area (Å²) in [5, 5.41) is 0. The number of halogens is 4. The van der Waals surface area contributed by atoms with E-state index in [1.165, 1.54) is 6.08 Å². The fraction of sp³-hybridized carbons (Fsp3) is 0.200. The molecule has 0 fully saturated rings. The minimum absolute atomic E-state index is 0.260. The van der Waals surface area contributed by atoms with Crippen LogP contribution >= 0.6 is 0 Å². The predicted molar refractivity (Wildman–Crippen MR) is 48.5 cm³/mol. The van der Waals surface area contributed by atoms with Gasteiger partial charge >= 0.3 is 6.18 Å². The molecule has 1 nitrogen and oxygen atoms in total. The molecule has 0 aliphatic rings. The molecule has 0 heterocycles. The van der Waals surface area contributed by atoms with Gasteiger partial charge in [0.25, 0.3) is 0 Å². The first-order chi connectivity index (χ1) is 6.86. The van der Waals surface area contributed by atoms with Crippen LogP contribution in [0.15, 0.2) is 30.9 Å². The van der Waals surface area contributed by atoms with Crippen LogP contribution in [0, 0.1) is 5.82 Å². The van der Waals surface area contributed by atoms with Gasteiger partial charge in [0.05, 0.1) is 5.56 Å². The predicted octanol–water partition coefficient (Wildman–Crippen LogP) is 3.03. The van der Waals surface area contributed by atoms with Crippen molar-refractivity contribution in [3.63, 3.8) is 0 Å². The third-order valence-corrected chi connectivity index (χ3v) is 1.94. The van der Waals surface area contributed by atoms with Gasteiger partial charge in [-0.05, 0) is 17.7 Å². The van der Waals surface area contributed by atoms with E-state index in [1.807, 2.05) is 0 Å². The first kappa shape index (κ1) is 11.7. The molecule has 0 radical (unpaired) electrons. The zero-order valence-electron chi connectivity index (χ0n) is 7.68. The molecule has 0 saturated heterocycles. The summed E-state index contributed by atoms with van der Waals surface area (Å²) < 4.78 is 49.5. The van der Waals surface area contributed by atoms with Crippen molar-refractivity contribution in [2.24, 2.45) is 5.73 Å². The second kappa shape index (κ2) is 4.02. The van der Waals surface area contributed by atoms with Crippen molar-refractivity contribution < 1.29 is 17.6 Å². The number of hydrogen-bond donors (Lipinski definition) is 1. The molecule has 1 aromatic rings. The second-order valence-electron chi connectivity index (χ2n) is 3.00. The Kier molecular flexibility index (Phi) is 3.14. The Morgan fingerprint density at radius 2 is 1.93 bits per heavy atom. The summed E-state index contributed by atoms with van der Waals surface area (Å²) in [7, 11) is 0. The Hall–Kier alpha value is -1.36. The van der Waals surface area contributed by atoms with Crippen molar-refractivity contribution in [3.05, 3.63) is 47.8 Å². The van der Waals surface area contributed by atoms with Crippen molar-refractivity contribution in [1.29, 1.82) is 0 Å². The van der Waals surface area contributed by atoms with Gasteiger partial charge in [-0.25, -0.2) is 4.39 Å². The molecule has 0 amide bonds. The van der Waals surface area contributed by atoms with Crippen LogP contribution in [-0.4, -0.2) is 0 Å². The molecule has 2 N–H and O–H groups in total. The van der Waals surface area contributed by atoms with Crippen LogP contribution in [0.3, 0.4) is 0 Å². The average molecular weight is 219 g/mol. The van der Waals surface area contributed by atoms with E-state index < -0.39 is 23.6 Å². The second-order valence-corrected chi connectivity index (χ2v) is 3.00. The van der Waals surface area contributed by atoms with Crippen LogP contribution in [-0.2, 0) is 6.18 Å². The molecule has 0 bridgehead atoms. The number of hydrogen-bond acceptors (Lipinski definition) is 1. The number of benzene rings is 1. The highest BCUT2D eigenvalue weighted by Crippen LogP contribution is 2.32. The lowest BCUT2D eigenvalue weighted by Gasteiger charge is -2.11. The molecule has 0 saturated carbocycles. The lowest BCUT2D eigenvalue weighted by molar-refractivity contribution is -0.140. The summed E-state index contributed by atoms with van der Waals surface area (Å²) in [6.07, 6.45) is -3.36.